The zero-order chi connectivity index (χ0) is 32.8. The van der Waals surface area contributed by atoms with Gasteiger partial charge in [0.15, 0.2) is 0 Å². The molecule has 7 nitrogen and oxygen atoms in total. The molecule has 1 saturated carbocycles. The topological polar surface area (TPSA) is 86.8 Å². The number of nitrogens with one attached hydrogen (secondary N) is 1. The van der Waals surface area contributed by atoms with E-state index in [1.807, 2.05) is 61.5 Å². The SMILES string of the molecule is Cc1ccc(CN(C(=O)CN(c2cc(C(F)(F)F)ccc2Cl)S(C)(=O)=O)C(Cc2ccccc2)C(=O)NC2CCCCC2)cc1. The van der Waals surface area contributed by atoms with Gasteiger partial charge in [-0.05, 0) is 49.1 Å². The van der Waals surface area contributed by atoms with Gasteiger partial charge in [0.05, 0.1) is 22.5 Å². The van der Waals surface area contributed by atoms with Crippen molar-refractivity contribution in [1.82, 2.24) is 10.2 Å². The van der Waals surface area contributed by atoms with Crippen LogP contribution in [0.4, 0.5) is 18.9 Å². The fraction of sp³-hybridized carbons (Fsp3) is 0.394. The minimum absolute atomic E-state index is 0.0391. The Balaban J connectivity index is 1.76. The molecule has 1 fully saturated rings. The molecule has 0 radical (unpaired) electrons. The largest absolute Gasteiger partial charge is 0.416 e. The molecule has 1 aliphatic rings. The van der Waals surface area contributed by atoms with Crippen molar-refractivity contribution in [2.24, 2.45) is 0 Å². The number of sulfonamides is 1. The molecule has 4 rings (SSSR count). The van der Waals surface area contributed by atoms with Gasteiger partial charge < -0.3 is 10.2 Å². The predicted octanol–water partition coefficient (Wildman–Crippen LogP) is 6.52. The number of hydrogen-bond acceptors (Lipinski definition) is 4. The molecule has 1 atom stereocenters. The molecule has 242 valence electrons. The average molecular weight is 664 g/mol. The van der Waals surface area contributed by atoms with E-state index in [-0.39, 0.29) is 29.9 Å². The lowest BCUT2D eigenvalue weighted by atomic mass is 9.94. The van der Waals surface area contributed by atoms with Gasteiger partial charge in [0.25, 0.3) is 0 Å². The number of aryl methyl sites for hydroxylation is 1. The lowest BCUT2D eigenvalue weighted by molar-refractivity contribution is -0.140. The van der Waals surface area contributed by atoms with Crippen molar-refractivity contribution in [2.75, 3.05) is 17.1 Å². The summed E-state index contributed by atoms with van der Waals surface area (Å²) in [6.45, 7) is 1.00. The van der Waals surface area contributed by atoms with Crippen molar-refractivity contribution in [3.8, 4) is 0 Å². The van der Waals surface area contributed by atoms with Crippen LogP contribution in [0.2, 0.25) is 5.02 Å². The number of alkyl halides is 3. The quantitative estimate of drug-likeness (QED) is 0.253. The molecule has 1 aliphatic carbocycles. The summed E-state index contributed by atoms with van der Waals surface area (Å²) in [6, 6.07) is 17.7. The Morgan fingerprint density at radius 1 is 0.956 bits per heavy atom. The highest BCUT2D eigenvalue weighted by molar-refractivity contribution is 7.92. The van der Waals surface area contributed by atoms with E-state index in [0.717, 1.165) is 61.6 Å². The second kappa shape index (κ2) is 14.7. The van der Waals surface area contributed by atoms with Gasteiger partial charge in [-0.2, -0.15) is 13.2 Å². The van der Waals surface area contributed by atoms with E-state index in [0.29, 0.717) is 15.9 Å². The monoisotopic (exact) mass is 663 g/mol. The molecule has 1 unspecified atom stereocenters. The van der Waals surface area contributed by atoms with E-state index in [2.05, 4.69) is 5.32 Å². The number of halogens is 4. The zero-order valence-electron chi connectivity index (χ0n) is 25.2. The second-order valence-electron chi connectivity index (χ2n) is 11.5. The fourth-order valence-electron chi connectivity index (χ4n) is 5.46. The van der Waals surface area contributed by atoms with Crippen molar-refractivity contribution >= 4 is 39.1 Å². The molecule has 0 aliphatic heterocycles. The van der Waals surface area contributed by atoms with Crippen LogP contribution in [-0.2, 0) is 38.8 Å². The Hall–Kier alpha value is -3.57. The van der Waals surface area contributed by atoms with Crippen LogP contribution in [0, 0.1) is 6.92 Å². The molecule has 0 spiro atoms. The Morgan fingerprint density at radius 2 is 1.60 bits per heavy atom. The number of benzene rings is 3. The van der Waals surface area contributed by atoms with Crippen LogP contribution < -0.4 is 9.62 Å². The third kappa shape index (κ3) is 9.46. The Bertz CT molecular complexity index is 1580. The Kier molecular flexibility index (Phi) is 11.2. The summed E-state index contributed by atoms with van der Waals surface area (Å²) in [5.74, 6) is -1.15. The fourth-order valence-corrected chi connectivity index (χ4v) is 6.59. The number of hydrogen-bond donors (Lipinski definition) is 1. The minimum atomic E-state index is -4.78. The van der Waals surface area contributed by atoms with Crippen molar-refractivity contribution < 1.29 is 31.2 Å². The van der Waals surface area contributed by atoms with Gasteiger partial charge in [-0.1, -0.05) is 91.0 Å². The number of anilines is 1. The van der Waals surface area contributed by atoms with E-state index in [1.54, 1.807) is 0 Å². The van der Waals surface area contributed by atoms with Crippen LogP contribution in [0.3, 0.4) is 0 Å². The standard InChI is InChI=1S/C33H37ClF3N3O4S/c1-23-13-15-25(16-14-23)21-39(30(19-24-9-5-3-6-10-24)32(42)38-27-11-7-4-8-12-27)31(41)22-40(45(2,43)44)29-20-26(33(35,36)37)17-18-28(29)34/h3,5-6,9-10,13-18,20,27,30H,4,7-8,11-12,19,21-22H2,1-2H3,(H,38,42). The Morgan fingerprint density at radius 3 is 2.20 bits per heavy atom. The average Bonchev–Trinajstić information content (AvgIpc) is 2.99. The molecule has 0 saturated heterocycles. The first-order valence-electron chi connectivity index (χ1n) is 14.8. The molecule has 0 aromatic heterocycles. The van der Waals surface area contributed by atoms with E-state index in [9.17, 15) is 31.2 Å². The molecule has 0 heterocycles. The lowest BCUT2D eigenvalue weighted by Gasteiger charge is -2.35. The number of carbonyl (C=O) groups is 2. The summed E-state index contributed by atoms with van der Waals surface area (Å²) >= 11 is 6.22. The van der Waals surface area contributed by atoms with Crippen molar-refractivity contribution in [1.29, 1.82) is 0 Å². The van der Waals surface area contributed by atoms with E-state index >= 15 is 0 Å². The summed E-state index contributed by atoms with van der Waals surface area (Å²) in [4.78, 5) is 29.5. The highest BCUT2D eigenvalue weighted by atomic mass is 35.5. The van der Waals surface area contributed by atoms with Crippen LogP contribution in [0.15, 0.2) is 72.8 Å². The van der Waals surface area contributed by atoms with Gasteiger partial charge in [-0.15, -0.1) is 0 Å². The molecule has 0 bridgehead atoms. The third-order valence-corrected chi connectivity index (χ3v) is 9.36. The van der Waals surface area contributed by atoms with E-state index in [4.69, 9.17) is 11.6 Å². The van der Waals surface area contributed by atoms with Crippen LogP contribution >= 0.6 is 11.6 Å². The van der Waals surface area contributed by atoms with E-state index in [1.165, 1.54) is 4.90 Å². The van der Waals surface area contributed by atoms with Gasteiger partial charge in [0, 0.05) is 19.0 Å². The summed E-state index contributed by atoms with van der Waals surface area (Å²) in [7, 11) is -4.30. The molecule has 3 aromatic rings. The zero-order valence-corrected chi connectivity index (χ0v) is 26.8. The van der Waals surface area contributed by atoms with Crippen LogP contribution in [0.5, 0.6) is 0 Å². The van der Waals surface area contributed by atoms with Gasteiger partial charge in [-0.3, -0.25) is 13.9 Å². The normalized spacial score (nSPS) is 14.9. The smallest absolute Gasteiger partial charge is 0.352 e. The maximum Gasteiger partial charge on any atom is 0.416 e. The van der Waals surface area contributed by atoms with E-state index < -0.39 is 45.9 Å². The highest BCUT2D eigenvalue weighted by Gasteiger charge is 2.36. The van der Waals surface area contributed by atoms with Gasteiger partial charge in [-0.25, -0.2) is 8.42 Å². The molecule has 3 aromatic carbocycles. The van der Waals surface area contributed by atoms with Crippen LogP contribution in [0.25, 0.3) is 0 Å². The van der Waals surface area contributed by atoms with Crippen LogP contribution in [-0.4, -0.2) is 50.0 Å². The Labute approximate surface area is 267 Å². The summed E-state index contributed by atoms with van der Waals surface area (Å²) in [5.41, 5.74) is 0.858. The molecule has 1 N–H and O–H groups in total. The first kappa shape index (κ1) is 34.3. The first-order chi connectivity index (χ1) is 21.2. The number of rotatable bonds is 11. The number of carbonyl (C=O) groups excluding carboxylic acids is 2. The summed E-state index contributed by atoms with van der Waals surface area (Å²) in [5, 5.41) is 2.83. The third-order valence-electron chi connectivity index (χ3n) is 7.92. The van der Waals surface area contributed by atoms with Gasteiger partial charge in [0.2, 0.25) is 21.8 Å². The minimum Gasteiger partial charge on any atom is -0.352 e. The summed E-state index contributed by atoms with van der Waals surface area (Å²) in [6.07, 6.45) is 0.803. The highest BCUT2D eigenvalue weighted by Crippen LogP contribution is 2.36. The molecule has 2 amide bonds. The molecule has 45 heavy (non-hydrogen) atoms. The van der Waals surface area contributed by atoms with Gasteiger partial charge >= 0.3 is 6.18 Å². The molecular weight excluding hydrogens is 627 g/mol. The first-order valence-corrected chi connectivity index (χ1v) is 17.0. The van der Waals surface area contributed by atoms with Crippen molar-refractivity contribution in [2.45, 2.75) is 70.3 Å². The van der Waals surface area contributed by atoms with Crippen LogP contribution in [0.1, 0.15) is 54.4 Å². The number of amides is 2. The predicted molar refractivity (Wildman–Crippen MR) is 169 cm³/mol. The maximum atomic E-state index is 14.2. The van der Waals surface area contributed by atoms with Crippen molar-refractivity contribution in [3.05, 3.63) is 100 Å². The lowest BCUT2D eigenvalue weighted by Crippen LogP contribution is -2.55. The maximum absolute atomic E-state index is 14.2. The molecular formula is C33H37ClF3N3O4S. The van der Waals surface area contributed by atoms with Crippen molar-refractivity contribution in [3.63, 3.8) is 0 Å². The second-order valence-corrected chi connectivity index (χ2v) is 13.8. The number of nitrogens with zero attached hydrogens (tertiary/aromatic N) is 2. The summed E-state index contributed by atoms with van der Waals surface area (Å²) < 4.78 is 67.3. The molecule has 12 heteroatoms. The van der Waals surface area contributed by atoms with Gasteiger partial charge in [0.1, 0.15) is 12.6 Å².